The number of likely N-dealkylation sites (tertiary alicyclic amines) is 1. The predicted octanol–water partition coefficient (Wildman–Crippen LogP) is 1.65. The number of carbonyl (C=O) groups is 3. The number of hydrogen-bond acceptors (Lipinski definition) is 5. The second kappa shape index (κ2) is 9.37. The molecular weight excluding hydrogens is 300 g/mol. The average molecular weight is 328 g/mol. The molecule has 23 heavy (non-hydrogen) atoms. The second-order valence-corrected chi connectivity index (χ2v) is 5.93. The molecule has 0 spiro atoms. The van der Waals surface area contributed by atoms with Crippen LogP contribution in [0.1, 0.15) is 40.0 Å². The Bertz CT molecular complexity index is 417. The molecule has 0 aromatic carbocycles. The summed E-state index contributed by atoms with van der Waals surface area (Å²) in [6.07, 6.45) is 1.27. The van der Waals surface area contributed by atoms with Gasteiger partial charge in [0.15, 0.2) is 0 Å². The number of amides is 2. The lowest BCUT2D eigenvalue weighted by Gasteiger charge is -2.38. The molecular formula is C16H28N2O5. The molecule has 2 amide bonds. The molecule has 1 aliphatic heterocycles. The molecule has 0 saturated carbocycles. The lowest BCUT2D eigenvalue weighted by atomic mass is 10.0. The van der Waals surface area contributed by atoms with Crippen molar-refractivity contribution in [2.75, 3.05) is 33.4 Å². The van der Waals surface area contributed by atoms with Gasteiger partial charge in [-0.1, -0.05) is 13.8 Å². The Labute approximate surface area is 137 Å². The lowest BCUT2D eigenvalue weighted by molar-refractivity contribution is -0.143. The van der Waals surface area contributed by atoms with E-state index in [1.54, 1.807) is 16.7 Å². The van der Waals surface area contributed by atoms with Crippen LogP contribution in [-0.4, -0.2) is 67.2 Å². The maximum atomic E-state index is 12.4. The number of esters is 1. The maximum Gasteiger partial charge on any atom is 0.409 e. The molecule has 1 heterocycles. The van der Waals surface area contributed by atoms with E-state index in [1.165, 1.54) is 7.11 Å². The Morgan fingerprint density at radius 3 is 2.30 bits per heavy atom. The summed E-state index contributed by atoms with van der Waals surface area (Å²) in [4.78, 5) is 39.0. The van der Waals surface area contributed by atoms with Crippen molar-refractivity contribution < 1.29 is 23.9 Å². The van der Waals surface area contributed by atoms with Crippen LogP contribution in [0, 0.1) is 5.92 Å². The van der Waals surface area contributed by atoms with Crippen molar-refractivity contribution in [3.8, 4) is 0 Å². The summed E-state index contributed by atoms with van der Waals surface area (Å²) in [5.41, 5.74) is 0. The zero-order chi connectivity index (χ0) is 17.4. The summed E-state index contributed by atoms with van der Waals surface area (Å²) >= 11 is 0. The Morgan fingerprint density at radius 1 is 1.22 bits per heavy atom. The highest BCUT2D eigenvalue weighted by Crippen LogP contribution is 2.20. The topological polar surface area (TPSA) is 76.2 Å². The predicted molar refractivity (Wildman–Crippen MR) is 84.8 cm³/mol. The van der Waals surface area contributed by atoms with Gasteiger partial charge in [0.2, 0.25) is 5.91 Å². The first-order valence-corrected chi connectivity index (χ1v) is 8.19. The quantitative estimate of drug-likeness (QED) is 0.693. The highest BCUT2D eigenvalue weighted by Gasteiger charge is 2.31. The van der Waals surface area contributed by atoms with E-state index in [2.05, 4.69) is 4.74 Å². The summed E-state index contributed by atoms with van der Waals surface area (Å²) in [6, 6.07) is 0.0419. The number of ether oxygens (including phenoxy) is 2. The van der Waals surface area contributed by atoms with Crippen LogP contribution >= 0.6 is 0 Å². The molecule has 0 bridgehead atoms. The largest absolute Gasteiger partial charge is 0.469 e. The van der Waals surface area contributed by atoms with Crippen LogP contribution < -0.4 is 0 Å². The van der Waals surface area contributed by atoms with E-state index in [0.717, 1.165) is 0 Å². The van der Waals surface area contributed by atoms with E-state index < -0.39 is 0 Å². The van der Waals surface area contributed by atoms with E-state index in [-0.39, 0.29) is 36.4 Å². The highest BCUT2D eigenvalue weighted by molar-refractivity contribution is 5.79. The number of carbonyl (C=O) groups excluding carboxylic acids is 3. The van der Waals surface area contributed by atoms with Crippen molar-refractivity contribution in [2.45, 2.75) is 46.1 Å². The molecule has 1 rings (SSSR count). The smallest absolute Gasteiger partial charge is 0.409 e. The van der Waals surface area contributed by atoms with Gasteiger partial charge in [-0.05, 0) is 19.8 Å². The molecule has 7 nitrogen and oxygen atoms in total. The minimum atomic E-state index is -0.324. The van der Waals surface area contributed by atoms with E-state index in [1.807, 2.05) is 13.8 Å². The minimum absolute atomic E-state index is 0.0310. The summed E-state index contributed by atoms with van der Waals surface area (Å²) < 4.78 is 9.66. The molecule has 1 aliphatic rings. The SMILES string of the molecule is CCOC(=O)N1CCC(N(CCC(=O)OC)C(=O)C(C)C)CC1. The summed E-state index contributed by atoms with van der Waals surface area (Å²) in [5.74, 6) is -0.422. The van der Waals surface area contributed by atoms with Crippen molar-refractivity contribution >= 4 is 18.0 Å². The van der Waals surface area contributed by atoms with E-state index in [0.29, 0.717) is 39.1 Å². The van der Waals surface area contributed by atoms with Crippen LogP contribution in [-0.2, 0) is 19.1 Å². The van der Waals surface area contributed by atoms with Crippen LogP contribution in [0.25, 0.3) is 0 Å². The zero-order valence-electron chi connectivity index (χ0n) is 14.5. The molecule has 0 N–H and O–H groups in total. The molecule has 0 atom stereocenters. The zero-order valence-corrected chi connectivity index (χ0v) is 14.5. The molecule has 0 aromatic heterocycles. The maximum absolute atomic E-state index is 12.4. The van der Waals surface area contributed by atoms with Crippen LogP contribution in [0.4, 0.5) is 4.79 Å². The number of nitrogens with zero attached hydrogens (tertiary/aromatic N) is 2. The first-order valence-electron chi connectivity index (χ1n) is 8.19. The molecule has 7 heteroatoms. The van der Waals surface area contributed by atoms with Crippen molar-refractivity contribution in [3.05, 3.63) is 0 Å². The molecule has 0 radical (unpaired) electrons. The third kappa shape index (κ3) is 5.73. The summed E-state index contributed by atoms with van der Waals surface area (Å²) in [7, 11) is 1.34. The van der Waals surface area contributed by atoms with Crippen LogP contribution in [0.2, 0.25) is 0 Å². The fourth-order valence-corrected chi connectivity index (χ4v) is 2.69. The van der Waals surface area contributed by atoms with Gasteiger partial charge in [-0.25, -0.2) is 4.79 Å². The molecule has 1 saturated heterocycles. The van der Waals surface area contributed by atoms with Gasteiger partial charge < -0.3 is 19.3 Å². The standard InChI is InChI=1S/C16H28N2O5/c1-5-23-16(21)17-9-6-13(7-10-17)18(15(20)12(2)3)11-8-14(19)22-4/h12-13H,5-11H2,1-4H3. The molecule has 0 aromatic rings. The average Bonchev–Trinajstić information content (AvgIpc) is 2.55. The number of rotatable bonds is 6. The molecule has 1 fully saturated rings. The molecule has 0 unspecified atom stereocenters. The van der Waals surface area contributed by atoms with Gasteiger partial charge in [-0.3, -0.25) is 9.59 Å². The number of hydrogen-bond donors (Lipinski definition) is 0. The number of piperidine rings is 1. The second-order valence-electron chi connectivity index (χ2n) is 5.93. The van der Waals surface area contributed by atoms with E-state index >= 15 is 0 Å². The minimum Gasteiger partial charge on any atom is -0.469 e. The van der Waals surface area contributed by atoms with Crippen molar-refractivity contribution in [1.82, 2.24) is 9.80 Å². The lowest BCUT2D eigenvalue weighted by Crippen LogP contribution is -2.50. The Morgan fingerprint density at radius 2 is 1.83 bits per heavy atom. The van der Waals surface area contributed by atoms with Crippen molar-refractivity contribution in [2.24, 2.45) is 5.92 Å². The first kappa shape index (κ1) is 19.3. The van der Waals surface area contributed by atoms with E-state index in [4.69, 9.17) is 4.74 Å². The van der Waals surface area contributed by atoms with Gasteiger partial charge in [0.05, 0.1) is 20.1 Å². The third-order valence-corrected chi connectivity index (χ3v) is 3.99. The van der Waals surface area contributed by atoms with Crippen LogP contribution in [0.15, 0.2) is 0 Å². The van der Waals surface area contributed by atoms with Crippen LogP contribution in [0.3, 0.4) is 0 Å². The van der Waals surface area contributed by atoms with E-state index in [9.17, 15) is 14.4 Å². The number of methoxy groups -OCH3 is 1. The van der Waals surface area contributed by atoms with Gasteiger partial charge in [0.1, 0.15) is 0 Å². The Hall–Kier alpha value is -1.79. The van der Waals surface area contributed by atoms with Crippen LogP contribution in [0.5, 0.6) is 0 Å². The fourth-order valence-electron chi connectivity index (χ4n) is 2.69. The molecule has 0 aliphatic carbocycles. The molecule has 132 valence electrons. The van der Waals surface area contributed by atoms with Gasteiger partial charge in [-0.15, -0.1) is 0 Å². The van der Waals surface area contributed by atoms with Gasteiger partial charge in [-0.2, -0.15) is 0 Å². The van der Waals surface area contributed by atoms with Crippen molar-refractivity contribution in [1.29, 1.82) is 0 Å². The summed E-state index contributed by atoms with van der Waals surface area (Å²) in [6.45, 7) is 7.31. The summed E-state index contributed by atoms with van der Waals surface area (Å²) in [5, 5.41) is 0. The van der Waals surface area contributed by atoms with Crippen molar-refractivity contribution in [3.63, 3.8) is 0 Å². The highest BCUT2D eigenvalue weighted by atomic mass is 16.6. The third-order valence-electron chi connectivity index (χ3n) is 3.99. The van der Waals surface area contributed by atoms with Gasteiger partial charge in [0.25, 0.3) is 0 Å². The first-order chi connectivity index (χ1) is 10.9. The van der Waals surface area contributed by atoms with Gasteiger partial charge in [0, 0.05) is 31.6 Å². The fraction of sp³-hybridized carbons (Fsp3) is 0.812. The monoisotopic (exact) mass is 328 g/mol. The normalized spacial score (nSPS) is 15.4. The Balaban J connectivity index is 2.64. The Kier molecular flexibility index (Phi) is 7.85. The van der Waals surface area contributed by atoms with Gasteiger partial charge >= 0.3 is 12.1 Å².